The highest BCUT2D eigenvalue weighted by Crippen LogP contribution is 2.37. The molecule has 0 fully saturated rings. The van der Waals surface area contributed by atoms with Gasteiger partial charge in [-0.25, -0.2) is 4.39 Å². The average Bonchev–Trinajstić information content (AvgIpc) is 2.62. The zero-order valence-corrected chi connectivity index (χ0v) is 14.3. The van der Waals surface area contributed by atoms with Crippen LogP contribution in [-0.2, 0) is 12.7 Å². The minimum Gasteiger partial charge on any atom is -0.349 e. The average molecular weight is 398 g/mol. The summed E-state index contributed by atoms with van der Waals surface area (Å²) in [6.45, 7) is 0.0898. The fourth-order valence-electron chi connectivity index (χ4n) is 2.25. The van der Waals surface area contributed by atoms with Crippen LogP contribution in [0.3, 0.4) is 0 Å². The Kier molecular flexibility index (Phi) is 5.41. The molecule has 0 saturated carbocycles. The maximum Gasteiger partial charge on any atom is 0.418 e. The van der Waals surface area contributed by atoms with Crippen LogP contribution in [0.25, 0.3) is 0 Å². The van der Waals surface area contributed by atoms with E-state index in [1.165, 1.54) is 24.4 Å². The molecule has 0 saturated heterocycles. The van der Waals surface area contributed by atoms with Crippen molar-refractivity contribution in [3.05, 3.63) is 70.6 Å². The molecule has 2 N–H and O–H groups in total. The van der Waals surface area contributed by atoms with E-state index in [1.54, 1.807) is 18.2 Å². The van der Waals surface area contributed by atoms with Crippen molar-refractivity contribution in [2.75, 3.05) is 10.6 Å². The summed E-state index contributed by atoms with van der Waals surface area (Å²) in [7, 11) is 0. The Labute approximate surface area is 156 Å². The second kappa shape index (κ2) is 7.75. The minimum atomic E-state index is -4.60. The lowest BCUT2D eigenvalue weighted by atomic mass is 10.1. The number of halogens is 5. The summed E-state index contributed by atoms with van der Waals surface area (Å²) in [5.41, 5.74) is -0.779. The molecule has 0 spiro atoms. The van der Waals surface area contributed by atoms with Gasteiger partial charge >= 0.3 is 6.18 Å². The monoisotopic (exact) mass is 397 g/mol. The minimum absolute atomic E-state index is 0.0331. The highest BCUT2D eigenvalue weighted by Gasteiger charge is 2.34. The molecule has 0 radical (unpaired) electrons. The molecular weight excluding hydrogens is 386 g/mol. The van der Waals surface area contributed by atoms with Crippen molar-refractivity contribution in [2.24, 2.45) is 0 Å². The first kappa shape index (κ1) is 18.8. The van der Waals surface area contributed by atoms with Gasteiger partial charge < -0.3 is 10.6 Å². The number of alkyl halides is 3. The van der Waals surface area contributed by atoms with Crippen LogP contribution in [-0.4, -0.2) is 15.2 Å². The van der Waals surface area contributed by atoms with Crippen LogP contribution >= 0.6 is 11.6 Å². The van der Waals surface area contributed by atoms with Gasteiger partial charge in [0.25, 0.3) is 0 Å². The summed E-state index contributed by atoms with van der Waals surface area (Å²) in [6.07, 6.45) is -3.43. The summed E-state index contributed by atoms with van der Waals surface area (Å²) < 4.78 is 53.1. The van der Waals surface area contributed by atoms with Gasteiger partial charge in [0.1, 0.15) is 5.82 Å². The Morgan fingerprint density at radius 2 is 1.85 bits per heavy atom. The molecule has 0 aliphatic heterocycles. The van der Waals surface area contributed by atoms with Crippen molar-refractivity contribution in [3.63, 3.8) is 0 Å². The lowest BCUT2D eigenvalue weighted by molar-refractivity contribution is -0.136. The first-order chi connectivity index (χ1) is 12.8. The predicted molar refractivity (Wildman–Crippen MR) is 93.3 cm³/mol. The van der Waals surface area contributed by atoms with Gasteiger partial charge in [-0.1, -0.05) is 29.8 Å². The molecule has 0 bridgehead atoms. The van der Waals surface area contributed by atoms with Crippen LogP contribution < -0.4 is 10.6 Å². The summed E-state index contributed by atoms with van der Waals surface area (Å²) in [6, 6.07) is 9.47. The number of anilines is 3. The van der Waals surface area contributed by atoms with Crippen molar-refractivity contribution in [1.29, 1.82) is 0 Å². The van der Waals surface area contributed by atoms with Crippen LogP contribution in [0.2, 0.25) is 5.02 Å². The van der Waals surface area contributed by atoms with E-state index in [9.17, 15) is 17.6 Å². The molecule has 0 aliphatic carbocycles. The molecule has 1 aromatic heterocycles. The largest absolute Gasteiger partial charge is 0.418 e. The fraction of sp³-hybridized carbons (Fsp3) is 0.118. The zero-order chi connectivity index (χ0) is 19.4. The predicted octanol–water partition coefficient (Wildman–Crippen LogP) is 5.04. The van der Waals surface area contributed by atoms with Crippen LogP contribution in [0.4, 0.5) is 35.0 Å². The number of nitrogens with one attached hydrogen (secondary N) is 2. The molecule has 10 heteroatoms. The van der Waals surface area contributed by atoms with Crippen LogP contribution in [0.5, 0.6) is 0 Å². The topological polar surface area (TPSA) is 62.7 Å². The van der Waals surface area contributed by atoms with Crippen molar-refractivity contribution in [1.82, 2.24) is 15.2 Å². The number of hydrogen-bond acceptors (Lipinski definition) is 5. The highest BCUT2D eigenvalue weighted by molar-refractivity contribution is 6.30. The van der Waals surface area contributed by atoms with Gasteiger partial charge in [-0.3, -0.25) is 0 Å². The SMILES string of the molecule is Fc1ccccc1CNc1nncc(Nc2ccc(Cl)cc2C(F)(F)F)n1. The van der Waals surface area contributed by atoms with E-state index >= 15 is 0 Å². The van der Waals surface area contributed by atoms with Crippen LogP contribution in [0.15, 0.2) is 48.7 Å². The van der Waals surface area contributed by atoms with Gasteiger partial charge in [-0.15, -0.1) is 5.10 Å². The summed E-state index contributed by atoms with van der Waals surface area (Å²) in [5.74, 6) is -0.331. The molecule has 3 rings (SSSR count). The summed E-state index contributed by atoms with van der Waals surface area (Å²) >= 11 is 5.66. The van der Waals surface area contributed by atoms with Gasteiger partial charge in [0.05, 0.1) is 17.4 Å². The molecule has 140 valence electrons. The molecule has 0 aliphatic rings. The summed E-state index contributed by atoms with van der Waals surface area (Å²) in [5, 5.41) is 12.7. The van der Waals surface area contributed by atoms with E-state index in [-0.39, 0.29) is 29.0 Å². The standard InChI is InChI=1S/C17H12ClF4N5/c18-11-5-6-14(12(7-11)17(20,21)22)25-15-9-24-27-16(26-15)23-8-10-3-1-2-4-13(10)19/h1-7,9H,8H2,(H2,23,25,26,27). The molecule has 1 heterocycles. The van der Waals surface area contributed by atoms with Gasteiger partial charge in [-0.05, 0) is 24.3 Å². The van der Waals surface area contributed by atoms with E-state index in [0.717, 1.165) is 6.07 Å². The van der Waals surface area contributed by atoms with Gasteiger partial charge in [-0.2, -0.15) is 23.3 Å². The van der Waals surface area contributed by atoms with E-state index in [2.05, 4.69) is 25.8 Å². The van der Waals surface area contributed by atoms with E-state index in [4.69, 9.17) is 11.6 Å². The number of aromatic nitrogens is 3. The fourth-order valence-corrected chi connectivity index (χ4v) is 2.42. The molecule has 0 amide bonds. The van der Waals surface area contributed by atoms with Gasteiger partial charge in [0, 0.05) is 17.1 Å². The van der Waals surface area contributed by atoms with E-state index < -0.39 is 17.6 Å². The number of hydrogen-bond donors (Lipinski definition) is 2. The van der Waals surface area contributed by atoms with E-state index in [1.807, 2.05) is 0 Å². The van der Waals surface area contributed by atoms with Crippen molar-refractivity contribution >= 4 is 29.1 Å². The molecule has 5 nitrogen and oxygen atoms in total. The molecular formula is C17H12ClF4N5. The third-order valence-corrected chi connectivity index (χ3v) is 3.74. The molecule has 0 atom stereocenters. The van der Waals surface area contributed by atoms with Crippen molar-refractivity contribution in [2.45, 2.75) is 12.7 Å². The Morgan fingerprint density at radius 3 is 2.59 bits per heavy atom. The molecule has 0 unspecified atom stereocenters. The Morgan fingerprint density at radius 1 is 1.07 bits per heavy atom. The highest BCUT2D eigenvalue weighted by atomic mass is 35.5. The Bertz CT molecular complexity index is 949. The van der Waals surface area contributed by atoms with E-state index in [0.29, 0.717) is 5.56 Å². The first-order valence-corrected chi connectivity index (χ1v) is 8.01. The maximum absolute atomic E-state index is 13.6. The van der Waals surface area contributed by atoms with Gasteiger partial charge in [0.15, 0.2) is 5.82 Å². The summed E-state index contributed by atoms with van der Waals surface area (Å²) in [4.78, 5) is 4.04. The first-order valence-electron chi connectivity index (χ1n) is 7.64. The van der Waals surface area contributed by atoms with Crippen LogP contribution in [0.1, 0.15) is 11.1 Å². The van der Waals surface area contributed by atoms with Gasteiger partial charge in [0.2, 0.25) is 5.95 Å². The number of rotatable bonds is 5. The smallest absolute Gasteiger partial charge is 0.349 e. The maximum atomic E-state index is 13.6. The molecule has 27 heavy (non-hydrogen) atoms. The third kappa shape index (κ3) is 4.82. The quantitative estimate of drug-likeness (QED) is 0.591. The van der Waals surface area contributed by atoms with Crippen molar-refractivity contribution in [3.8, 4) is 0 Å². The Hall–Kier alpha value is -2.94. The Balaban J connectivity index is 1.78. The molecule has 2 aromatic carbocycles. The van der Waals surface area contributed by atoms with Crippen LogP contribution in [0, 0.1) is 5.82 Å². The second-order valence-electron chi connectivity index (χ2n) is 5.42. The normalized spacial score (nSPS) is 11.3. The lowest BCUT2D eigenvalue weighted by Gasteiger charge is -2.14. The molecule has 3 aromatic rings. The lowest BCUT2D eigenvalue weighted by Crippen LogP contribution is -2.11. The third-order valence-electron chi connectivity index (χ3n) is 3.50. The second-order valence-corrected chi connectivity index (χ2v) is 5.86. The number of nitrogens with zero attached hydrogens (tertiary/aromatic N) is 3. The van der Waals surface area contributed by atoms with Crippen molar-refractivity contribution < 1.29 is 17.6 Å². The zero-order valence-electron chi connectivity index (χ0n) is 13.6. The number of benzene rings is 2.